The first-order chi connectivity index (χ1) is 11.7. The second-order valence-corrected chi connectivity index (χ2v) is 3.96. The molecule has 0 bridgehead atoms. The summed E-state index contributed by atoms with van der Waals surface area (Å²) >= 11 is 0. The van der Waals surface area contributed by atoms with Gasteiger partial charge in [-0.15, -0.1) is 0 Å². The highest BCUT2D eigenvalue weighted by Gasteiger charge is 2.06. The third-order valence-electron chi connectivity index (χ3n) is 2.38. The predicted molar refractivity (Wildman–Crippen MR) is 86.8 cm³/mol. The molecule has 1 aromatic carbocycles. The van der Waals surface area contributed by atoms with Crippen LogP contribution < -0.4 is 9.47 Å². The molecular weight excluding hydrogens is 316 g/mol. The van der Waals surface area contributed by atoms with E-state index in [1.165, 1.54) is 24.3 Å². The van der Waals surface area contributed by atoms with Crippen LogP contribution >= 0.6 is 0 Å². The van der Waals surface area contributed by atoms with Crippen LogP contribution in [0.3, 0.4) is 0 Å². The van der Waals surface area contributed by atoms with Crippen LogP contribution in [0.15, 0.2) is 36.9 Å². The van der Waals surface area contributed by atoms with E-state index in [0.29, 0.717) is 25.1 Å². The first-order valence-corrected chi connectivity index (χ1v) is 7.50. The lowest BCUT2D eigenvalue weighted by Crippen LogP contribution is -2.12. The van der Waals surface area contributed by atoms with Crippen molar-refractivity contribution in [3.8, 4) is 11.5 Å². The molecule has 0 aliphatic rings. The molecule has 0 amide bonds. The number of benzene rings is 1. The number of carbonyl (C=O) groups is 3. The topological polar surface area (TPSA) is 88.1 Å². The summed E-state index contributed by atoms with van der Waals surface area (Å²) in [6, 6.07) is 5.89. The third kappa shape index (κ3) is 9.99. The Balaban J connectivity index is 0.00000254. The van der Waals surface area contributed by atoms with Crippen molar-refractivity contribution >= 4 is 18.6 Å². The Hall–Kier alpha value is -2.83. The molecule has 132 valence electrons. The molecule has 0 fully saturated rings. The SMILES string of the molecule is C=CC(=O)OCCCCOC(=O)Oc1ccc(OC=O)cc1.CC. The van der Waals surface area contributed by atoms with Crippen molar-refractivity contribution in [3.63, 3.8) is 0 Å². The predicted octanol–water partition coefficient (Wildman–Crippen LogP) is 3.27. The van der Waals surface area contributed by atoms with Crippen molar-refractivity contribution in [1.82, 2.24) is 0 Å². The molecule has 24 heavy (non-hydrogen) atoms. The lowest BCUT2D eigenvalue weighted by atomic mass is 10.3. The van der Waals surface area contributed by atoms with Crippen LogP contribution in [-0.4, -0.2) is 31.8 Å². The maximum absolute atomic E-state index is 11.4. The monoisotopic (exact) mass is 338 g/mol. The lowest BCUT2D eigenvalue weighted by molar-refractivity contribution is -0.137. The maximum atomic E-state index is 11.4. The molecule has 1 rings (SSSR count). The highest BCUT2D eigenvalue weighted by molar-refractivity contribution is 5.81. The average Bonchev–Trinajstić information content (AvgIpc) is 2.61. The van der Waals surface area contributed by atoms with Crippen LogP contribution in [0.1, 0.15) is 26.7 Å². The summed E-state index contributed by atoms with van der Waals surface area (Å²) in [5.74, 6) is 0.121. The highest BCUT2D eigenvalue weighted by Crippen LogP contribution is 2.17. The maximum Gasteiger partial charge on any atom is 0.513 e. The average molecular weight is 338 g/mol. The molecule has 0 saturated carbocycles. The largest absolute Gasteiger partial charge is 0.513 e. The zero-order valence-corrected chi connectivity index (χ0v) is 13.9. The minimum absolute atomic E-state index is 0.150. The van der Waals surface area contributed by atoms with Crippen molar-refractivity contribution in [2.45, 2.75) is 26.7 Å². The number of ether oxygens (including phenoxy) is 4. The quantitative estimate of drug-likeness (QED) is 0.224. The van der Waals surface area contributed by atoms with Gasteiger partial charge in [-0.3, -0.25) is 4.79 Å². The van der Waals surface area contributed by atoms with Gasteiger partial charge in [-0.1, -0.05) is 20.4 Å². The van der Waals surface area contributed by atoms with Gasteiger partial charge in [0.15, 0.2) is 0 Å². The summed E-state index contributed by atoms with van der Waals surface area (Å²) in [5, 5.41) is 0. The molecule has 0 N–H and O–H groups in total. The van der Waals surface area contributed by atoms with E-state index >= 15 is 0 Å². The second-order valence-electron chi connectivity index (χ2n) is 3.96. The van der Waals surface area contributed by atoms with Gasteiger partial charge in [0.2, 0.25) is 0 Å². The first-order valence-electron chi connectivity index (χ1n) is 7.50. The minimum Gasteiger partial charge on any atom is -0.463 e. The van der Waals surface area contributed by atoms with Gasteiger partial charge in [0.05, 0.1) is 13.2 Å². The van der Waals surface area contributed by atoms with E-state index in [-0.39, 0.29) is 19.0 Å². The molecule has 0 aliphatic carbocycles. The molecule has 0 saturated heterocycles. The summed E-state index contributed by atoms with van der Waals surface area (Å²) in [6.07, 6.45) is 1.34. The van der Waals surface area contributed by atoms with Crippen LogP contribution in [0.4, 0.5) is 4.79 Å². The Bertz CT molecular complexity index is 508. The van der Waals surface area contributed by atoms with Gasteiger partial charge in [0.25, 0.3) is 6.47 Å². The molecule has 0 spiro atoms. The Labute approximate surface area is 141 Å². The lowest BCUT2D eigenvalue weighted by Gasteiger charge is -2.06. The number of rotatable bonds is 9. The van der Waals surface area contributed by atoms with Crippen LogP contribution in [0.5, 0.6) is 11.5 Å². The van der Waals surface area contributed by atoms with Crippen molar-refractivity contribution in [3.05, 3.63) is 36.9 Å². The van der Waals surface area contributed by atoms with Gasteiger partial charge >= 0.3 is 12.1 Å². The van der Waals surface area contributed by atoms with Crippen molar-refractivity contribution < 1.29 is 33.3 Å². The molecule has 0 unspecified atom stereocenters. The fraction of sp³-hybridized carbons (Fsp3) is 0.353. The number of esters is 1. The van der Waals surface area contributed by atoms with E-state index < -0.39 is 12.1 Å². The van der Waals surface area contributed by atoms with Gasteiger partial charge in [0.1, 0.15) is 11.5 Å². The molecule has 1 aromatic rings. The zero-order valence-electron chi connectivity index (χ0n) is 13.9. The molecular formula is C17H22O7. The second kappa shape index (κ2) is 13.8. The van der Waals surface area contributed by atoms with Crippen molar-refractivity contribution in [2.24, 2.45) is 0 Å². The van der Waals surface area contributed by atoms with Crippen LogP contribution in [-0.2, 0) is 19.1 Å². The number of hydrogen-bond acceptors (Lipinski definition) is 7. The fourth-order valence-corrected chi connectivity index (χ4v) is 1.36. The van der Waals surface area contributed by atoms with Crippen LogP contribution in [0, 0.1) is 0 Å². The first kappa shape index (κ1) is 21.2. The van der Waals surface area contributed by atoms with E-state index in [9.17, 15) is 14.4 Å². The molecule has 0 atom stereocenters. The van der Waals surface area contributed by atoms with E-state index in [2.05, 4.69) is 11.3 Å². The summed E-state index contributed by atoms with van der Waals surface area (Å²) in [4.78, 5) is 32.3. The van der Waals surface area contributed by atoms with E-state index in [1.54, 1.807) is 0 Å². The smallest absolute Gasteiger partial charge is 0.463 e. The van der Waals surface area contributed by atoms with Crippen molar-refractivity contribution in [1.29, 1.82) is 0 Å². The van der Waals surface area contributed by atoms with Gasteiger partial charge in [-0.2, -0.15) is 0 Å². The summed E-state index contributed by atoms with van der Waals surface area (Å²) in [7, 11) is 0. The highest BCUT2D eigenvalue weighted by atomic mass is 16.7. The van der Waals surface area contributed by atoms with Gasteiger partial charge in [-0.25, -0.2) is 9.59 Å². The molecule has 0 heterocycles. The molecule has 7 heteroatoms. The summed E-state index contributed by atoms with van der Waals surface area (Å²) in [5.41, 5.74) is 0. The van der Waals surface area contributed by atoms with Crippen LogP contribution in [0.25, 0.3) is 0 Å². The standard InChI is InChI=1S/C15H16O7.C2H6/c1-2-14(17)19-9-3-4-10-20-15(18)22-13-7-5-12(6-8-13)21-11-16;1-2/h2,5-8,11H,1,3-4,9-10H2;1-2H3. The number of unbranched alkanes of at least 4 members (excludes halogenated alkanes) is 1. The van der Waals surface area contributed by atoms with Crippen molar-refractivity contribution in [2.75, 3.05) is 13.2 Å². The minimum atomic E-state index is -0.841. The Morgan fingerprint density at radius 1 is 1.00 bits per heavy atom. The Morgan fingerprint density at radius 3 is 2.08 bits per heavy atom. The zero-order chi connectivity index (χ0) is 18.2. The molecule has 0 aromatic heterocycles. The number of carbonyl (C=O) groups excluding carboxylic acids is 3. The van der Waals surface area contributed by atoms with Gasteiger partial charge in [-0.05, 0) is 37.1 Å². The van der Waals surface area contributed by atoms with E-state index in [0.717, 1.165) is 6.08 Å². The Kier molecular flexibility index (Phi) is 12.2. The third-order valence-corrected chi connectivity index (χ3v) is 2.38. The summed E-state index contributed by atoms with van der Waals surface area (Å²) in [6.45, 7) is 7.96. The molecule has 7 nitrogen and oxygen atoms in total. The van der Waals surface area contributed by atoms with Gasteiger partial charge in [0, 0.05) is 6.08 Å². The fourth-order valence-electron chi connectivity index (χ4n) is 1.36. The Morgan fingerprint density at radius 2 is 1.54 bits per heavy atom. The van der Waals surface area contributed by atoms with Crippen LogP contribution in [0.2, 0.25) is 0 Å². The normalized spacial score (nSPS) is 8.92. The summed E-state index contributed by atoms with van der Waals surface area (Å²) < 4.78 is 19.1. The van der Waals surface area contributed by atoms with E-state index in [1.807, 2.05) is 13.8 Å². The number of hydrogen-bond donors (Lipinski definition) is 0. The van der Waals surface area contributed by atoms with E-state index in [4.69, 9.17) is 14.2 Å². The molecule has 0 aliphatic heterocycles. The molecule has 0 radical (unpaired) electrons. The van der Waals surface area contributed by atoms with Gasteiger partial charge < -0.3 is 18.9 Å².